The van der Waals surface area contributed by atoms with Crippen LogP contribution in [0.15, 0.2) is 46.7 Å². The van der Waals surface area contributed by atoms with Gasteiger partial charge in [0.05, 0.1) is 16.3 Å². The zero-order chi connectivity index (χ0) is 24.0. The summed E-state index contributed by atoms with van der Waals surface area (Å²) < 4.78 is 93.0. The highest BCUT2D eigenvalue weighted by Crippen LogP contribution is 2.35. The van der Waals surface area contributed by atoms with Crippen molar-refractivity contribution in [2.45, 2.75) is 11.1 Å². The van der Waals surface area contributed by atoms with Crippen LogP contribution >= 0.6 is 22.9 Å². The second-order valence-corrected chi connectivity index (χ2v) is 10.4. The van der Waals surface area contributed by atoms with Crippen LogP contribution in [0.5, 0.6) is 0 Å². The third kappa shape index (κ3) is 4.98. The molecule has 0 aliphatic carbocycles. The lowest BCUT2D eigenvalue weighted by Gasteiger charge is -2.34. The molecule has 1 aliphatic heterocycles. The summed E-state index contributed by atoms with van der Waals surface area (Å²) in [5.74, 6) is -1.46. The monoisotopic (exact) mass is 523 g/mol. The summed E-state index contributed by atoms with van der Waals surface area (Å²) in [7, 11) is -4.25. The Morgan fingerprint density at radius 2 is 1.61 bits per heavy atom. The van der Waals surface area contributed by atoms with E-state index in [1.807, 2.05) is 0 Å². The van der Waals surface area contributed by atoms with E-state index < -0.39 is 38.3 Å². The van der Waals surface area contributed by atoms with E-state index in [1.54, 1.807) is 10.3 Å². The molecule has 0 spiro atoms. The van der Waals surface area contributed by atoms with Gasteiger partial charge in [0.15, 0.2) is 5.13 Å². The molecular formula is C20H15ClF5N3O2S2. The maximum atomic E-state index is 13.5. The average molecular weight is 524 g/mol. The summed E-state index contributed by atoms with van der Waals surface area (Å²) in [6.45, 7) is 0.442. The van der Waals surface area contributed by atoms with Gasteiger partial charge in [-0.05, 0) is 30.3 Å². The number of anilines is 1. The Labute approximate surface area is 195 Å². The first-order chi connectivity index (χ1) is 15.4. The molecule has 1 fully saturated rings. The Morgan fingerprint density at radius 1 is 0.970 bits per heavy atom. The number of piperazine rings is 1. The summed E-state index contributed by atoms with van der Waals surface area (Å²) in [6.07, 6.45) is -4.71. The minimum atomic E-state index is -4.71. The number of alkyl halides is 3. The molecule has 0 bridgehead atoms. The van der Waals surface area contributed by atoms with Crippen LogP contribution in [0.1, 0.15) is 5.56 Å². The molecule has 0 amide bonds. The summed E-state index contributed by atoms with van der Waals surface area (Å²) in [5.41, 5.74) is -0.456. The van der Waals surface area contributed by atoms with Crippen molar-refractivity contribution in [3.63, 3.8) is 0 Å². The number of halogens is 6. The van der Waals surface area contributed by atoms with Crippen LogP contribution in [0.2, 0.25) is 5.02 Å². The van der Waals surface area contributed by atoms with E-state index >= 15 is 0 Å². The lowest BCUT2D eigenvalue weighted by molar-refractivity contribution is -0.137. The molecule has 1 saturated heterocycles. The number of benzene rings is 2. The van der Waals surface area contributed by atoms with Crippen LogP contribution in [-0.2, 0) is 16.2 Å². The van der Waals surface area contributed by atoms with E-state index in [1.165, 1.54) is 11.3 Å². The van der Waals surface area contributed by atoms with Gasteiger partial charge in [-0.25, -0.2) is 22.2 Å². The highest BCUT2D eigenvalue weighted by Gasteiger charge is 2.35. The maximum absolute atomic E-state index is 13.5. The molecule has 13 heteroatoms. The van der Waals surface area contributed by atoms with Gasteiger partial charge in [-0.3, -0.25) is 0 Å². The first-order valence-corrected chi connectivity index (χ1v) is 12.2. The third-order valence-corrected chi connectivity index (χ3v) is 8.32. The second kappa shape index (κ2) is 8.82. The van der Waals surface area contributed by atoms with E-state index in [9.17, 15) is 30.4 Å². The highest BCUT2D eigenvalue weighted by atomic mass is 35.5. The Bertz CT molecular complexity index is 1270. The van der Waals surface area contributed by atoms with Crippen LogP contribution in [0, 0.1) is 11.6 Å². The van der Waals surface area contributed by atoms with Crippen molar-refractivity contribution in [3.05, 3.63) is 64.0 Å². The molecule has 0 radical (unpaired) electrons. The zero-order valence-corrected chi connectivity index (χ0v) is 19.0. The average Bonchev–Trinajstić information content (AvgIpc) is 3.23. The SMILES string of the molecule is O=S(=O)(c1cc(C(F)(F)F)ccc1Cl)N1CCN(c2nc(-c3cc(F)cc(F)c3)cs2)CC1. The van der Waals surface area contributed by atoms with Crippen molar-refractivity contribution in [2.75, 3.05) is 31.1 Å². The smallest absolute Gasteiger partial charge is 0.345 e. The molecule has 1 aromatic heterocycles. The van der Waals surface area contributed by atoms with E-state index in [-0.39, 0.29) is 36.8 Å². The van der Waals surface area contributed by atoms with Gasteiger partial charge in [-0.15, -0.1) is 11.3 Å². The van der Waals surface area contributed by atoms with Gasteiger partial charge < -0.3 is 4.90 Å². The van der Waals surface area contributed by atoms with Gasteiger partial charge >= 0.3 is 6.18 Å². The number of thiazole rings is 1. The van der Waals surface area contributed by atoms with Gasteiger partial charge in [0, 0.05) is 43.2 Å². The predicted octanol–water partition coefficient (Wildman–Crippen LogP) is 5.27. The van der Waals surface area contributed by atoms with Gasteiger partial charge in [0.25, 0.3) is 0 Å². The molecular weight excluding hydrogens is 509 g/mol. The number of nitrogens with zero attached hydrogens (tertiary/aromatic N) is 3. The van der Waals surface area contributed by atoms with Gasteiger partial charge in [0.2, 0.25) is 10.0 Å². The molecule has 3 aromatic rings. The molecule has 0 saturated carbocycles. The largest absolute Gasteiger partial charge is 0.416 e. The lowest BCUT2D eigenvalue weighted by atomic mass is 10.1. The molecule has 176 valence electrons. The maximum Gasteiger partial charge on any atom is 0.416 e. The fourth-order valence-electron chi connectivity index (χ4n) is 3.38. The Balaban J connectivity index is 1.50. The summed E-state index contributed by atoms with van der Waals surface area (Å²) in [6, 6.07) is 5.25. The Hall–Kier alpha value is -2.28. The van der Waals surface area contributed by atoms with Crippen LogP contribution in [0.4, 0.5) is 27.1 Å². The van der Waals surface area contributed by atoms with Crippen LogP contribution in [-0.4, -0.2) is 43.9 Å². The van der Waals surface area contributed by atoms with Crippen molar-refractivity contribution in [1.82, 2.24) is 9.29 Å². The quantitative estimate of drug-likeness (QED) is 0.437. The number of sulfonamides is 1. The van der Waals surface area contributed by atoms with Crippen LogP contribution in [0.25, 0.3) is 11.3 Å². The van der Waals surface area contributed by atoms with Crippen molar-refractivity contribution in [1.29, 1.82) is 0 Å². The number of hydrogen-bond donors (Lipinski definition) is 0. The van der Waals surface area contributed by atoms with E-state index in [2.05, 4.69) is 4.98 Å². The van der Waals surface area contributed by atoms with E-state index in [0.717, 1.165) is 34.6 Å². The van der Waals surface area contributed by atoms with Crippen LogP contribution < -0.4 is 4.90 Å². The van der Waals surface area contributed by atoms with Gasteiger partial charge in [-0.1, -0.05) is 11.6 Å². The molecule has 1 aliphatic rings. The Morgan fingerprint density at radius 3 is 2.21 bits per heavy atom. The van der Waals surface area contributed by atoms with Crippen molar-refractivity contribution in [3.8, 4) is 11.3 Å². The van der Waals surface area contributed by atoms with Crippen molar-refractivity contribution < 1.29 is 30.4 Å². The van der Waals surface area contributed by atoms with Crippen molar-refractivity contribution >= 4 is 38.1 Å². The molecule has 0 unspecified atom stereocenters. The Kier molecular flexibility index (Phi) is 6.38. The normalized spacial score (nSPS) is 15.8. The molecule has 4 rings (SSSR count). The first kappa shape index (κ1) is 23.9. The number of hydrogen-bond acceptors (Lipinski definition) is 5. The molecule has 0 atom stereocenters. The fraction of sp³-hybridized carbons (Fsp3) is 0.250. The van der Waals surface area contributed by atoms with Crippen LogP contribution in [0.3, 0.4) is 0 Å². The zero-order valence-electron chi connectivity index (χ0n) is 16.6. The lowest BCUT2D eigenvalue weighted by Crippen LogP contribution is -2.48. The predicted molar refractivity (Wildman–Crippen MR) is 115 cm³/mol. The van der Waals surface area contributed by atoms with E-state index in [4.69, 9.17) is 11.6 Å². The summed E-state index contributed by atoms with van der Waals surface area (Å²) in [5, 5.41) is 1.87. The fourth-order valence-corrected chi connectivity index (χ4v) is 6.19. The molecule has 2 heterocycles. The number of aromatic nitrogens is 1. The van der Waals surface area contributed by atoms with Gasteiger partial charge in [0.1, 0.15) is 16.5 Å². The molecule has 33 heavy (non-hydrogen) atoms. The molecule has 2 aromatic carbocycles. The third-order valence-electron chi connectivity index (χ3n) is 5.04. The molecule has 5 nitrogen and oxygen atoms in total. The highest BCUT2D eigenvalue weighted by molar-refractivity contribution is 7.89. The van der Waals surface area contributed by atoms with E-state index in [0.29, 0.717) is 16.9 Å². The summed E-state index contributed by atoms with van der Waals surface area (Å²) >= 11 is 7.14. The standard InChI is InChI=1S/C20H15ClF5N3O2S2/c21-16-2-1-13(20(24,25)26)9-18(16)33(30,31)29-5-3-28(4-6-29)19-27-17(11-32-19)12-7-14(22)10-15(23)8-12/h1-2,7-11H,3-6H2. The minimum absolute atomic E-state index is 0.00157. The first-order valence-electron chi connectivity index (χ1n) is 9.49. The number of rotatable bonds is 4. The molecule has 0 N–H and O–H groups in total. The van der Waals surface area contributed by atoms with Crippen molar-refractivity contribution in [2.24, 2.45) is 0 Å². The topological polar surface area (TPSA) is 53.5 Å². The van der Waals surface area contributed by atoms with Gasteiger partial charge in [-0.2, -0.15) is 17.5 Å². The summed E-state index contributed by atoms with van der Waals surface area (Å²) in [4.78, 5) is 5.58. The minimum Gasteiger partial charge on any atom is -0.345 e. The second-order valence-electron chi connectivity index (χ2n) is 7.21.